The van der Waals surface area contributed by atoms with Gasteiger partial charge < -0.3 is 10.2 Å². The van der Waals surface area contributed by atoms with Gasteiger partial charge in [-0.3, -0.25) is 9.59 Å². The fourth-order valence-electron chi connectivity index (χ4n) is 3.59. The molecule has 0 rings (SSSR count). The fraction of sp³-hybridized carbons (Fsp3) is 0.909. The van der Waals surface area contributed by atoms with Crippen molar-refractivity contribution in [3.05, 3.63) is 0 Å². The van der Waals surface area contributed by atoms with Crippen LogP contribution in [0.15, 0.2) is 0 Å². The van der Waals surface area contributed by atoms with Gasteiger partial charge in [0.1, 0.15) is 0 Å². The van der Waals surface area contributed by atoms with Crippen LogP contribution in [0.2, 0.25) is 0 Å². The van der Waals surface area contributed by atoms with Crippen molar-refractivity contribution in [2.75, 3.05) is 0 Å². The summed E-state index contributed by atoms with van der Waals surface area (Å²) in [5.74, 6) is -2.31. The minimum absolute atomic E-state index is 0. The van der Waals surface area contributed by atoms with Crippen molar-refractivity contribution in [1.82, 2.24) is 0 Å². The molecule has 0 aliphatic carbocycles. The molecule has 0 atom stereocenters. The average Bonchev–Trinajstić information content (AvgIpc) is 2.60. The van der Waals surface area contributed by atoms with E-state index in [0.29, 0.717) is 12.8 Å². The van der Waals surface area contributed by atoms with Crippen LogP contribution in [0.3, 0.4) is 0 Å². The third-order valence-electron chi connectivity index (χ3n) is 5.48. The third-order valence-corrected chi connectivity index (χ3v) is 5.48. The summed E-state index contributed by atoms with van der Waals surface area (Å²) in [5.41, 5.74) is -1.58. The minimum Gasteiger partial charge on any atom is -0.480 e. The standard InChI is InChI=1S/C22H42O4.Mg.2H/c1-3-5-7-9-10-11-12-13-15-17-19-22(20(23)24,21(25)26)18-16-14-8-6-4-2;;;/h3-19H2,1-2H3,(H,23,24)(H,25,26);;;. The van der Waals surface area contributed by atoms with Crippen molar-refractivity contribution in [3.63, 3.8) is 0 Å². The number of carboxylic acids is 2. The number of hydrogen-bond acceptors (Lipinski definition) is 2. The van der Waals surface area contributed by atoms with E-state index in [1.165, 1.54) is 44.9 Å². The number of rotatable bonds is 19. The van der Waals surface area contributed by atoms with Crippen molar-refractivity contribution in [1.29, 1.82) is 0 Å². The quantitative estimate of drug-likeness (QED) is 0.162. The zero-order valence-electron chi connectivity index (χ0n) is 17.2. The van der Waals surface area contributed by atoms with Gasteiger partial charge in [0, 0.05) is 0 Å². The highest BCUT2D eigenvalue weighted by Crippen LogP contribution is 2.33. The van der Waals surface area contributed by atoms with E-state index in [1.54, 1.807) is 0 Å². The first kappa shape index (κ1) is 28.9. The summed E-state index contributed by atoms with van der Waals surface area (Å²) in [6, 6.07) is 0. The van der Waals surface area contributed by atoms with E-state index in [4.69, 9.17) is 0 Å². The minimum atomic E-state index is -1.58. The Balaban J connectivity index is 0. The van der Waals surface area contributed by atoms with Gasteiger partial charge in [-0.15, -0.1) is 0 Å². The molecule has 27 heavy (non-hydrogen) atoms. The van der Waals surface area contributed by atoms with Gasteiger partial charge in [-0.2, -0.15) is 0 Å². The molecule has 0 fully saturated rings. The molecule has 158 valence electrons. The van der Waals surface area contributed by atoms with E-state index in [0.717, 1.165) is 38.5 Å². The Hall–Kier alpha value is -0.294. The normalized spacial score (nSPS) is 11.2. The zero-order valence-corrected chi connectivity index (χ0v) is 17.2. The fourth-order valence-corrected chi connectivity index (χ4v) is 3.59. The Morgan fingerprint density at radius 2 is 0.815 bits per heavy atom. The maximum atomic E-state index is 11.7. The van der Waals surface area contributed by atoms with Crippen molar-refractivity contribution < 1.29 is 19.8 Å². The molecule has 5 heteroatoms. The topological polar surface area (TPSA) is 74.6 Å². The second kappa shape index (κ2) is 19.0. The predicted octanol–water partition coefficient (Wildman–Crippen LogP) is 5.90. The van der Waals surface area contributed by atoms with Gasteiger partial charge in [0.15, 0.2) is 5.41 Å². The Morgan fingerprint density at radius 1 is 0.556 bits per heavy atom. The number of carboxylic acid groups (broad SMARTS) is 2. The molecule has 0 unspecified atom stereocenters. The number of aliphatic carboxylic acids is 2. The van der Waals surface area contributed by atoms with E-state index in [-0.39, 0.29) is 35.9 Å². The maximum absolute atomic E-state index is 11.7. The molecule has 0 radical (unpaired) electrons. The predicted molar refractivity (Wildman–Crippen MR) is 116 cm³/mol. The maximum Gasteiger partial charge on any atom is 0.321 e. The summed E-state index contributed by atoms with van der Waals surface area (Å²) in [5, 5.41) is 19.1. The first-order chi connectivity index (χ1) is 12.5. The molecule has 2 N–H and O–H groups in total. The monoisotopic (exact) mass is 396 g/mol. The summed E-state index contributed by atoms with van der Waals surface area (Å²) in [6.07, 6.45) is 17.1. The second-order valence-corrected chi connectivity index (χ2v) is 7.79. The number of carbonyl (C=O) groups is 2. The van der Waals surface area contributed by atoms with Crippen molar-refractivity contribution in [3.8, 4) is 0 Å². The van der Waals surface area contributed by atoms with E-state index >= 15 is 0 Å². The van der Waals surface area contributed by atoms with Gasteiger partial charge in [-0.25, -0.2) is 0 Å². The van der Waals surface area contributed by atoms with E-state index < -0.39 is 17.4 Å². The van der Waals surface area contributed by atoms with Gasteiger partial charge in [0.2, 0.25) is 0 Å². The highest BCUT2D eigenvalue weighted by Gasteiger charge is 2.45. The molecule has 0 aliphatic heterocycles. The molecule has 0 aromatic rings. The van der Waals surface area contributed by atoms with Crippen LogP contribution >= 0.6 is 0 Å². The molecule has 0 aliphatic rings. The Morgan fingerprint density at radius 3 is 1.07 bits per heavy atom. The largest absolute Gasteiger partial charge is 0.480 e. The van der Waals surface area contributed by atoms with Crippen molar-refractivity contribution in [2.45, 2.75) is 123 Å². The molecular formula is C22H44MgO4. The lowest BCUT2D eigenvalue weighted by Crippen LogP contribution is -2.39. The Kier molecular flexibility index (Phi) is 20.4. The van der Waals surface area contributed by atoms with E-state index in [9.17, 15) is 19.8 Å². The highest BCUT2D eigenvalue weighted by molar-refractivity contribution is 5.98. The van der Waals surface area contributed by atoms with Crippen LogP contribution in [-0.4, -0.2) is 45.2 Å². The zero-order chi connectivity index (χ0) is 19.7. The van der Waals surface area contributed by atoms with E-state index in [1.807, 2.05) is 0 Å². The molecule has 0 aromatic carbocycles. The first-order valence-corrected chi connectivity index (χ1v) is 11.0. The Bertz CT molecular complexity index is 357. The van der Waals surface area contributed by atoms with Crippen LogP contribution < -0.4 is 0 Å². The van der Waals surface area contributed by atoms with Crippen LogP contribution in [0.1, 0.15) is 123 Å². The molecule has 0 bridgehead atoms. The summed E-state index contributed by atoms with van der Waals surface area (Å²) in [7, 11) is 0. The third kappa shape index (κ3) is 13.5. The molecule has 0 spiro atoms. The van der Waals surface area contributed by atoms with Gasteiger partial charge in [-0.05, 0) is 12.8 Å². The molecule has 0 saturated heterocycles. The molecule has 0 heterocycles. The summed E-state index contributed by atoms with van der Waals surface area (Å²) in [6.45, 7) is 4.35. The van der Waals surface area contributed by atoms with Gasteiger partial charge in [0.05, 0.1) is 0 Å². The van der Waals surface area contributed by atoms with Crippen LogP contribution in [0, 0.1) is 5.41 Å². The SMILES string of the molecule is CCCCCCCCCCCCC(CCCCCCC)(C(=O)O)C(=O)O.[MgH2]. The summed E-state index contributed by atoms with van der Waals surface area (Å²) in [4.78, 5) is 23.4. The number of unbranched alkanes of at least 4 members (excludes halogenated alkanes) is 13. The highest BCUT2D eigenvalue weighted by atomic mass is 24.3. The Labute approximate surface area is 183 Å². The molecular weight excluding hydrogens is 353 g/mol. The second-order valence-electron chi connectivity index (χ2n) is 7.79. The lowest BCUT2D eigenvalue weighted by Gasteiger charge is -2.25. The van der Waals surface area contributed by atoms with E-state index in [2.05, 4.69) is 13.8 Å². The lowest BCUT2D eigenvalue weighted by atomic mass is 9.78. The van der Waals surface area contributed by atoms with Crippen LogP contribution in [0.5, 0.6) is 0 Å². The van der Waals surface area contributed by atoms with Crippen LogP contribution in [-0.2, 0) is 9.59 Å². The van der Waals surface area contributed by atoms with Crippen molar-refractivity contribution >= 4 is 35.0 Å². The van der Waals surface area contributed by atoms with Gasteiger partial charge in [-0.1, -0.05) is 110 Å². The molecule has 0 amide bonds. The van der Waals surface area contributed by atoms with Gasteiger partial charge >= 0.3 is 35.0 Å². The number of hydrogen-bond donors (Lipinski definition) is 2. The van der Waals surface area contributed by atoms with Crippen LogP contribution in [0.4, 0.5) is 0 Å². The average molecular weight is 397 g/mol. The lowest BCUT2D eigenvalue weighted by molar-refractivity contribution is -0.166. The molecule has 0 saturated carbocycles. The van der Waals surface area contributed by atoms with Crippen LogP contribution in [0.25, 0.3) is 0 Å². The first-order valence-electron chi connectivity index (χ1n) is 11.0. The van der Waals surface area contributed by atoms with Gasteiger partial charge in [0.25, 0.3) is 0 Å². The summed E-state index contributed by atoms with van der Waals surface area (Å²) < 4.78 is 0. The van der Waals surface area contributed by atoms with Crippen molar-refractivity contribution in [2.24, 2.45) is 5.41 Å². The smallest absolute Gasteiger partial charge is 0.321 e. The summed E-state index contributed by atoms with van der Waals surface area (Å²) >= 11 is 0. The molecule has 0 aromatic heterocycles. The molecule has 4 nitrogen and oxygen atoms in total.